The maximum atomic E-state index is 16.3. The van der Waals surface area contributed by atoms with Crippen molar-refractivity contribution in [2.24, 2.45) is 5.73 Å². The van der Waals surface area contributed by atoms with Crippen molar-refractivity contribution in [3.05, 3.63) is 81.9 Å². The van der Waals surface area contributed by atoms with Crippen LogP contribution in [0.3, 0.4) is 0 Å². The molecule has 2 heterocycles. The average molecular weight is 617 g/mol. The molecule has 5 rings (SSSR count). The van der Waals surface area contributed by atoms with Crippen molar-refractivity contribution in [3.63, 3.8) is 0 Å². The zero-order chi connectivity index (χ0) is 30.7. The highest BCUT2D eigenvalue weighted by Gasteiger charge is 2.45. The number of hydrogen-bond donors (Lipinski definition) is 2. The van der Waals surface area contributed by atoms with E-state index in [-0.39, 0.29) is 66.2 Å². The first kappa shape index (κ1) is 30.5. The molecule has 43 heavy (non-hydrogen) atoms. The summed E-state index contributed by atoms with van der Waals surface area (Å²) in [7, 11) is 1.38. The molecule has 2 amide bonds. The molecule has 228 valence electrons. The number of ether oxygens (including phenoxy) is 4. The van der Waals surface area contributed by atoms with Gasteiger partial charge in [0.1, 0.15) is 18.2 Å². The highest BCUT2D eigenvalue weighted by atomic mass is 35.5. The molecule has 2 aliphatic rings. The van der Waals surface area contributed by atoms with Crippen molar-refractivity contribution in [2.45, 2.75) is 37.6 Å². The number of halogens is 3. The standard InChI is InChI=1S/C31H31ClF2N2O7/c1-36(30(38)39)17-31(18-7-3-2-4-8-18)16-20-23(43-31)15-21(33)27(32)25(20)26-19(29(35)37)10-11-22(28(26)34)40-13-14-42-24-9-5-6-12-41-24/h2-4,7-8,10-11,15,24H,5-6,9,12-14,16-17H2,1H3,(H2,35,37)(H,38,39)/t24?,31-/m1/s1. The van der Waals surface area contributed by atoms with E-state index in [9.17, 15) is 14.7 Å². The Bertz CT molecular complexity index is 1520. The van der Waals surface area contributed by atoms with E-state index in [0.717, 1.165) is 30.2 Å². The average Bonchev–Trinajstić information content (AvgIpc) is 3.36. The molecule has 0 aliphatic carbocycles. The van der Waals surface area contributed by atoms with Crippen LogP contribution in [0.15, 0.2) is 48.5 Å². The summed E-state index contributed by atoms with van der Waals surface area (Å²) >= 11 is 6.49. The molecule has 2 aliphatic heterocycles. The molecule has 0 saturated carbocycles. The molecule has 0 bridgehead atoms. The van der Waals surface area contributed by atoms with E-state index in [1.165, 1.54) is 19.2 Å². The second-order valence-corrected chi connectivity index (χ2v) is 10.9. The molecular weight excluding hydrogens is 586 g/mol. The first-order valence-corrected chi connectivity index (χ1v) is 14.2. The first-order valence-electron chi connectivity index (χ1n) is 13.8. The SMILES string of the molecule is CN(C[C@@]1(c2ccccc2)Cc2c(cc(F)c(Cl)c2-c2c(C(N)=O)ccc(OCCOC3CCCCO3)c2F)O1)C(=O)O. The van der Waals surface area contributed by atoms with Gasteiger partial charge in [-0.1, -0.05) is 41.9 Å². The Morgan fingerprint density at radius 2 is 1.91 bits per heavy atom. The van der Waals surface area contributed by atoms with Gasteiger partial charge in [-0.15, -0.1) is 0 Å². The fraction of sp³-hybridized carbons (Fsp3) is 0.355. The van der Waals surface area contributed by atoms with Crippen molar-refractivity contribution < 1.29 is 42.4 Å². The van der Waals surface area contributed by atoms with Crippen molar-refractivity contribution in [1.29, 1.82) is 0 Å². The molecular formula is C31H31ClF2N2O7. The monoisotopic (exact) mass is 616 g/mol. The number of nitrogens with zero attached hydrogens (tertiary/aromatic N) is 1. The number of amides is 2. The van der Waals surface area contributed by atoms with Gasteiger partial charge in [-0.25, -0.2) is 13.6 Å². The summed E-state index contributed by atoms with van der Waals surface area (Å²) in [6.45, 7) is 0.567. The number of benzene rings is 3. The van der Waals surface area contributed by atoms with Crippen LogP contribution in [0, 0.1) is 11.6 Å². The summed E-state index contributed by atoms with van der Waals surface area (Å²) in [5.74, 6) is -3.05. The Hall–Kier alpha value is -3.93. The van der Waals surface area contributed by atoms with Gasteiger partial charge in [0.05, 0.1) is 23.7 Å². The number of primary amides is 1. The molecule has 0 aromatic heterocycles. The third-order valence-corrected chi connectivity index (χ3v) is 7.95. The molecule has 1 unspecified atom stereocenters. The van der Waals surface area contributed by atoms with E-state index in [0.29, 0.717) is 12.2 Å². The summed E-state index contributed by atoms with van der Waals surface area (Å²) < 4.78 is 54.7. The van der Waals surface area contributed by atoms with Crippen LogP contribution in [0.1, 0.15) is 40.7 Å². The predicted octanol–water partition coefficient (Wildman–Crippen LogP) is 5.75. The van der Waals surface area contributed by atoms with Gasteiger partial charge in [-0.2, -0.15) is 0 Å². The van der Waals surface area contributed by atoms with Gasteiger partial charge in [-0.3, -0.25) is 4.79 Å². The smallest absolute Gasteiger partial charge is 0.407 e. The van der Waals surface area contributed by atoms with Gasteiger partial charge in [0.25, 0.3) is 0 Å². The number of hydrogen-bond acceptors (Lipinski definition) is 6. The second-order valence-electron chi connectivity index (χ2n) is 10.5. The van der Waals surface area contributed by atoms with Gasteiger partial charge in [0.2, 0.25) is 5.91 Å². The maximum absolute atomic E-state index is 16.3. The Morgan fingerprint density at radius 1 is 1.14 bits per heavy atom. The molecule has 0 radical (unpaired) electrons. The van der Waals surface area contributed by atoms with E-state index < -0.39 is 34.3 Å². The third-order valence-electron chi connectivity index (χ3n) is 7.58. The van der Waals surface area contributed by atoms with Crippen LogP contribution in [0.5, 0.6) is 11.5 Å². The third kappa shape index (κ3) is 6.24. The van der Waals surface area contributed by atoms with Gasteiger partial charge in [-0.05, 0) is 37.0 Å². The predicted molar refractivity (Wildman–Crippen MR) is 153 cm³/mol. The maximum Gasteiger partial charge on any atom is 0.407 e. The van der Waals surface area contributed by atoms with Crippen LogP contribution in [0.2, 0.25) is 5.02 Å². The molecule has 3 aromatic carbocycles. The second kappa shape index (κ2) is 12.7. The summed E-state index contributed by atoms with van der Waals surface area (Å²) in [5.41, 5.74) is 4.50. The Balaban J connectivity index is 1.55. The molecule has 3 N–H and O–H groups in total. The van der Waals surface area contributed by atoms with Gasteiger partial charge >= 0.3 is 6.09 Å². The Kier molecular flexibility index (Phi) is 9.05. The largest absolute Gasteiger partial charge is 0.488 e. The highest BCUT2D eigenvalue weighted by Crippen LogP contribution is 2.51. The quantitative estimate of drug-likeness (QED) is 0.278. The number of likely N-dealkylation sites (N-methyl/N-ethyl adjacent to an activating group) is 1. The van der Waals surface area contributed by atoms with E-state index in [1.54, 1.807) is 30.3 Å². The van der Waals surface area contributed by atoms with Crippen LogP contribution < -0.4 is 15.2 Å². The van der Waals surface area contributed by atoms with E-state index >= 15 is 8.78 Å². The minimum absolute atomic E-state index is 0.0166. The molecule has 2 atom stereocenters. The summed E-state index contributed by atoms with van der Waals surface area (Å²) in [5, 5.41) is 9.18. The highest BCUT2D eigenvalue weighted by molar-refractivity contribution is 6.34. The van der Waals surface area contributed by atoms with Crippen molar-refractivity contribution in [3.8, 4) is 22.6 Å². The van der Waals surface area contributed by atoms with Crippen LogP contribution in [-0.4, -0.2) is 61.7 Å². The molecule has 0 spiro atoms. The van der Waals surface area contributed by atoms with E-state index in [4.69, 9.17) is 36.3 Å². The summed E-state index contributed by atoms with van der Waals surface area (Å²) in [6.07, 6.45) is 1.13. The molecule has 9 nitrogen and oxygen atoms in total. The number of nitrogens with two attached hydrogens (primary N) is 1. The molecule has 1 saturated heterocycles. The molecule has 12 heteroatoms. The Morgan fingerprint density at radius 3 is 2.58 bits per heavy atom. The lowest BCUT2D eigenvalue weighted by Gasteiger charge is -2.32. The lowest BCUT2D eigenvalue weighted by atomic mass is 9.85. The first-order chi connectivity index (χ1) is 20.6. The van der Waals surface area contributed by atoms with Crippen molar-refractivity contribution >= 4 is 23.6 Å². The summed E-state index contributed by atoms with van der Waals surface area (Å²) in [4.78, 5) is 25.3. The lowest BCUT2D eigenvalue weighted by molar-refractivity contribution is -0.165. The van der Waals surface area contributed by atoms with Crippen LogP contribution in [-0.2, 0) is 21.5 Å². The number of carbonyl (C=O) groups excluding carboxylic acids is 1. The van der Waals surface area contributed by atoms with E-state index in [2.05, 4.69) is 0 Å². The topological polar surface area (TPSA) is 121 Å². The number of carbonyl (C=O) groups is 2. The van der Waals surface area contributed by atoms with Crippen LogP contribution in [0.25, 0.3) is 11.1 Å². The molecule has 3 aromatic rings. The normalized spacial score (nSPS) is 19.4. The fourth-order valence-electron chi connectivity index (χ4n) is 5.53. The van der Waals surface area contributed by atoms with Gasteiger partial charge in [0, 0.05) is 42.8 Å². The number of rotatable bonds is 10. The lowest BCUT2D eigenvalue weighted by Crippen LogP contribution is -2.44. The van der Waals surface area contributed by atoms with Gasteiger partial charge < -0.3 is 34.7 Å². The number of fused-ring (bicyclic) bond motifs is 1. The number of carboxylic acid groups (broad SMARTS) is 1. The van der Waals surface area contributed by atoms with Gasteiger partial charge in [0.15, 0.2) is 23.5 Å². The Labute approximate surface area is 252 Å². The van der Waals surface area contributed by atoms with Crippen molar-refractivity contribution in [2.75, 3.05) is 33.4 Å². The van der Waals surface area contributed by atoms with E-state index in [1.807, 2.05) is 0 Å². The molecule has 1 fully saturated rings. The minimum atomic E-state index is -1.31. The van der Waals surface area contributed by atoms with Crippen molar-refractivity contribution in [1.82, 2.24) is 4.90 Å². The summed E-state index contributed by atoms with van der Waals surface area (Å²) in [6, 6.07) is 12.4. The van der Waals surface area contributed by atoms with Crippen LogP contribution in [0.4, 0.5) is 13.6 Å². The minimum Gasteiger partial charge on any atom is -0.488 e. The zero-order valence-electron chi connectivity index (χ0n) is 23.4. The van der Waals surface area contributed by atoms with Crippen LogP contribution >= 0.6 is 11.6 Å². The zero-order valence-corrected chi connectivity index (χ0v) is 24.2. The fourth-order valence-corrected chi connectivity index (χ4v) is 5.79.